The Balaban J connectivity index is 1.88. The molecule has 1 N–H and O–H groups in total. The van der Waals surface area contributed by atoms with Crippen LogP contribution in [0.5, 0.6) is 5.75 Å². The van der Waals surface area contributed by atoms with Crippen LogP contribution in [0.15, 0.2) is 71.2 Å². The first-order chi connectivity index (χ1) is 16.4. The summed E-state index contributed by atoms with van der Waals surface area (Å²) >= 11 is 0. The van der Waals surface area contributed by atoms with Gasteiger partial charge in [0.2, 0.25) is 0 Å². The van der Waals surface area contributed by atoms with Gasteiger partial charge in [0.25, 0.3) is 0 Å². The third kappa shape index (κ3) is 3.96. The van der Waals surface area contributed by atoms with Crippen molar-refractivity contribution in [3.05, 3.63) is 82.5 Å². The Labute approximate surface area is 197 Å². The van der Waals surface area contributed by atoms with Gasteiger partial charge in [-0.15, -0.1) is 0 Å². The second-order valence-corrected chi connectivity index (χ2v) is 8.18. The Morgan fingerprint density at radius 1 is 1.03 bits per heavy atom. The van der Waals surface area contributed by atoms with E-state index >= 15 is 0 Å². The van der Waals surface area contributed by atoms with Crippen LogP contribution in [-0.2, 0) is 23.9 Å². The Kier molecular flexibility index (Phi) is 6.49. The number of ether oxygens (including phenoxy) is 3. The van der Waals surface area contributed by atoms with E-state index in [0.717, 1.165) is 5.56 Å². The Morgan fingerprint density at radius 3 is 2.35 bits per heavy atom. The molecular weight excluding hydrogens is 436 g/mol. The largest absolute Gasteiger partial charge is 0.497 e. The van der Waals surface area contributed by atoms with Crippen molar-refractivity contribution in [3.8, 4) is 5.75 Å². The van der Waals surface area contributed by atoms with Crippen LogP contribution in [0.1, 0.15) is 36.4 Å². The number of pyridine rings is 1. The number of Topliss-reactive ketones (excluding diaryl/α,β-unsaturated/α-hetero) is 1. The van der Waals surface area contributed by atoms with Gasteiger partial charge in [-0.1, -0.05) is 18.2 Å². The summed E-state index contributed by atoms with van der Waals surface area (Å²) in [6.07, 6.45) is 1.98. The number of hydrogen-bond donors (Lipinski definition) is 1. The molecule has 0 saturated heterocycles. The van der Waals surface area contributed by atoms with Crippen LogP contribution >= 0.6 is 0 Å². The van der Waals surface area contributed by atoms with Gasteiger partial charge in [-0.2, -0.15) is 0 Å². The zero-order chi connectivity index (χ0) is 24.4. The summed E-state index contributed by atoms with van der Waals surface area (Å²) in [4.78, 5) is 44.1. The summed E-state index contributed by atoms with van der Waals surface area (Å²) in [6, 6.07) is 12.6. The van der Waals surface area contributed by atoms with Crippen LogP contribution in [0.25, 0.3) is 0 Å². The van der Waals surface area contributed by atoms with Crippen LogP contribution in [0.4, 0.5) is 0 Å². The van der Waals surface area contributed by atoms with Gasteiger partial charge in [-0.05, 0) is 43.2 Å². The summed E-state index contributed by atoms with van der Waals surface area (Å²) in [6.45, 7) is 1.77. The molecule has 2 aromatic rings. The number of dihydropyridines is 1. The number of ketones is 1. The van der Waals surface area contributed by atoms with E-state index in [2.05, 4.69) is 10.3 Å². The molecule has 34 heavy (non-hydrogen) atoms. The molecule has 2 aliphatic rings. The number of nitrogens with one attached hydrogen (secondary N) is 1. The smallest absolute Gasteiger partial charge is 0.336 e. The molecule has 0 radical (unpaired) electrons. The lowest BCUT2D eigenvalue weighted by atomic mass is 9.67. The minimum Gasteiger partial charge on any atom is -0.497 e. The second kappa shape index (κ2) is 9.51. The molecule has 8 heteroatoms. The number of allylic oxidation sites excluding steroid dienone is 3. The first-order valence-corrected chi connectivity index (χ1v) is 10.9. The van der Waals surface area contributed by atoms with Crippen LogP contribution in [0.3, 0.4) is 0 Å². The van der Waals surface area contributed by atoms with Crippen LogP contribution < -0.4 is 10.1 Å². The number of hydrogen-bond acceptors (Lipinski definition) is 8. The maximum absolute atomic E-state index is 14.0. The summed E-state index contributed by atoms with van der Waals surface area (Å²) in [5.74, 6) is -3.19. The van der Waals surface area contributed by atoms with E-state index in [1.165, 1.54) is 14.2 Å². The Morgan fingerprint density at radius 2 is 1.76 bits per heavy atom. The monoisotopic (exact) mass is 462 g/mol. The number of nitrogens with zero attached hydrogens (tertiary/aromatic N) is 1. The summed E-state index contributed by atoms with van der Waals surface area (Å²) in [5, 5.41) is 3.25. The minimum absolute atomic E-state index is 0.291. The molecule has 176 valence electrons. The standard InChI is InChI=1S/C26H26N2O6/c1-14-20(25(30)33-3)22(18-7-5-6-12-27-18)23-19(28-14)13-17(21(24(23)29)26(31)34-4)15-8-10-16(32-2)11-9-15/h5-12,17,21-22,28H,13H2,1-4H3/t17-,21+,22-/m0/s1. The fourth-order valence-electron chi connectivity index (χ4n) is 4.82. The molecule has 1 aromatic carbocycles. The lowest BCUT2D eigenvalue weighted by molar-refractivity contribution is -0.150. The summed E-state index contributed by atoms with van der Waals surface area (Å²) < 4.78 is 15.3. The number of carbonyl (C=O) groups excluding carboxylic acids is 3. The van der Waals surface area contributed by atoms with Crippen molar-refractivity contribution >= 4 is 17.7 Å². The maximum atomic E-state index is 14.0. The first kappa shape index (κ1) is 23.2. The number of aromatic nitrogens is 1. The molecule has 1 aliphatic heterocycles. The third-order valence-electron chi connectivity index (χ3n) is 6.41. The highest BCUT2D eigenvalue weighted by atomic mass is 16.5. The summed E-state index contributed by atoms with van der Waals surface area (Å²) in [7, 11) is 4.14. The topological polar surface area (TPSA) is 104 Å². The lowest BCUT2D eigenvalue weighted by Crippen LogP contribution is -2.43. The van der Waals surface area contributed by atoms with Crippen LogP contribution in [0.2, 0.25) is 0 Å². The van der Waals surface area contributed by atoms with E-state index in [9.17, 15) is 14.4 Å². The molecule has 3 atom stereocenters. The van der Waals surface area contributed by atoms with Gasteiger partial charge >= 0.3 is 11.9 Å². The lowest BCUT2D eigenvalue weighted by Gasteiger charge is -2.39. The molecular formula is C26H26N2O6. The highest BCUT2D eigenvalue weighted by Gasteiger charge is 2.49. The number of esters is 2. The third-order valence-corrected chi connectivity index (χ3v) is 6.41. The van der Waals surface area contributed by atoms with Crippen LogP contribution in [-0.4, -0.2) is 44.0 Å². The molecule has 1 aromatic heterocycles. The van der Waals surface area contributed by atoms with Crippen molar-refractivity contribution in [2.24, 2.45) is 5.92 Å². The summed E-state index contributed by atoms with van der Waals surface area (Å²) in [5.41, 5.74) is 3.21. The van der Waals surface area contributed by atoms with E-state index in [0.29, 0.717) is 40.4 Å². The molecule has 0 unspecified atom stereocenters. The number of benzene rings is 1. The predicted octanol–water partition coefficient (Wildman–Crippen LogP) is 3.02. The fourth-order valence-corrected chi connectivity index (χ4v) is 4.82. The van der Waals surface area contributed by atoms with E-state index in [-0.39, 0.29) is 0 Å². The normalized spacial score (nSPS) is 22.0. The molecule has 0 bridgehead atoms. The zero-order valence-corrected chi connectivity index (χ0v) is 19.5. The minimum atomic E-state index is -1.07. The van der Waals surface area contributed by atoms with Crippen molar-refractivity contribution in [1.82, 2.24) is 10.3 Å². The SMILES string of the molecule is COC(=O)C1=C(C)NC2=C(C(=O)[C@H](C(=O)OC)[C@H](c3ccc(OC)cc3)C2)[C@H]1c1ccccn1. The molecule has 0 spiro atoms. The molecule has 4 rings (SSSR count). The van der Waals surface area contributed by atoms with E-state index < -0.39 is 35.5 Å². The second-order valence-electron chi connectivity index (χ2n) is 8.18. The van der Waals surface area contributed by atoms with Gasteiger partial charge in [0.05, 0.1) is 38.5 Å². The Bertz CT molecular complexity index is 1180. The molecule has 8 nitrogen and oxygen atoms in total. The van der Waals surface area contributed by atoms with Crippen molar-refractivity contribution in [2.75, 3.05) is 21.3 Å². The first-order valence-electron chi connectivity index (χ1n) is 10.9. The highest BCUT2D eigenvalue weighted by molar-refractivity contribution is 6.13. The van der Waals surface area contributed by atoms with Gasteiger partial charge in [0, 0.05) is 29.1 Å². The van der Waals surface area contributed by atoms with Crippen molar-refractivity contribution in [2.45, 2.75) is 25.2 Å². The van der Waals surface area contributed by atoms with Crippen LogP contribution in [0, 0.1) is 5.92 Å². The van der Waals surface area contributed by atoms with Crippen molar-refractivity contribution in [1.29, 1.82) is 0 Å². The predicted molar refractivity (Wildman–Crippen MR) is 123 cm³/mol. The quantitative estimate of drug-likeness (QED) is 0.534. The van der Waals surface area contributed by atoms with Crippen molar-refractivity contribution in [3.63, 3.8) is 0 Å². The zero-order valence-electron chi connectivity index (χ0n) is 19.5. The number of carbonyl (C=O) groups is 3. The van der Waals surface area contributed by atoms with Gasteiger partial charge in [-0.3, -0.25) is 14.6 Å². The molecule has 0 saturated carbocycles. The highest BCUT2D eigenvalue weighted by Crippen LogP contribution is 2.47. The average Bonchev–Trinajstić information content (AvgIpc) is 2.87. The molecule has 1 aliphatic carbocycles. The molecule has 2 heterocycles. The van der Waals surface area contributed by atoms with E-state index in [1.807, 2.05) is 12.1 Å². The van der Waals surface area contributed by atoms with Gasteiger partial charge in [0.1, 0.15) is 11.7 Å². The number of methoxy groups -OCH3 is 3. The maximum Gasteiger partial charge on any atom is 0.336 e. The molecule has 0 fully saturated rings. The number of rotatable bonds is 5. The molecule has 0 amide bonds. The van der Waals surface area contributed by atoms with Crippen molar-refractivity contribution < 1.29 is 28.6 Å². The van der Waals surface area contributed by atoms with Gasteiger partial charge < -0.3 is 19.5 Å². The van der Waals surface area contributed by atoms with E-state index in [4.69, 9.17) is 14.2 Å². The van der Waals surface area contributed by atoms with Gasteiger partial charge in [-0.25, -0.2) is 4.79 Å². The van der Waals surface area contributed by atoms with Gasteiger partial charge in [0.15, 0.2) is 5.78 Å². The van der Waals surface area contributed by atoms with E-state index in [1.54, 1.807) is 50.6 Å². The fraction of sp³-hybridized carbons (Fsp3) is 0.308. The average molecular weight is 463 g/mol. The Hall–Kier alpha value is -3.94.